The topological polar surface area (TPSA) is 95.3 Å². The lowest BCUT2D eigenvalue weighted by Crippen LogP contribution is -2.50. The summed E-state index contributed by atoms with van der Waals surface area (Å²) in [4.78, 5) is 43.7. The molecule has 10 heteroatoms. The molecule has 0 unspecified atom stereocenters. The van der Waals surface area contributed by atoms with Crippen molar-refractivity contribution in [1.29, 1.82) is 0 Å². The highest BCUT2D eigenvalue weighted by molar-refractivity contribution is 5.97. The van der Waals surface area contributed by atoms with Crippen molar-refractivity contribution in [3.05, 3.63) is 52.0 Å². The second-order valence-electron chi connectivity index (χ2n) is 9.06. The van der Waals surface area contributed by atoms with Crippen LogP contribution in [0.15, 0.2) is 39.5 Å². The molecule has 0 bridgehead atoms. The van der Waals surface area contributed by atoms with Crippen molar-refractivity contribution >= 4 is 28.6 Å². The van der Waals surface area contributed by atoms with Gasteiger partial charge in [-0.05, 0) is 26.1 Å². The summed E-state index contributed by atoms with van der Waals surface area (Å²) in [6, 6.07) is 8.93. The fraction of sp³-hybridized carbons (Fsp3) is 0.440. The highest BCUT2D eigenvalue weighted by atomic mass is 16.5. The van der Waals surface area contributed by atoms with Crippen LogP contribution in [0, 0.1) is 6.92 Å². The fourth-order valence-electron chi connectivity index (χ4n) is 4.58. The van der Waals surface area contributed by atoms with Crippen molar-refractivity contribution in [2.45, 2.75) is 6.92 Å². The van der Waals surface area contributed by atoms with Crippen molar-refractivity contribution < 1.29 is 13.9 Å². The lowest BCUT2D eigenvalue weighted by molar-refractivity contribution is 0.0742. The zero-order valence-electron chi connectivity index (χ0n) is 20.4. The van der Waals surface area contributed by atoms with Gasteiger partial charge >= 0.3 is 5.63 Å². The van der Waals surface area contributed by atoms with Crippen molar-refractivity contribution in [3.63, 3.8) is 0 Å². The molecule has 2 fully saturated rings. The van der Waals surface area contributed by atoms with Crippen LogP contribution in [0.5, 0.6) is 5.75 Å². The van der Waals surface area contributed by atoms with E-state index in [1.807, 2.05) is 13.0 Å². The second-order valence-corrected chi connectivity index (χ2v) is 9.06. The van der Waals surface area contributed by atoms with E-state index in [-0.39, 0.29) is 11.5 Å². The molecule has 2 aliphatic rings. The monoisotopic (exact) mass is 478 g/mol. The molecule has 1 aromatic carbocycles. The number of nitrogens with zero attached hydrogens (tertiary/aromatic N) is 6. The smallest absolute Gasteiger partial charge is 0.349 e. The number of amides is 1. The minimum absolute atomic E-state index is 0.0309. The van der Waals surface area contributed by atoms with E-state index in [9.17, 15) is 9.59 Å². The molecule has 0 saturated carbocycles. The van der Waals surface area contributed by atoms with E-state index in [0.717, 1.165) is 37.7 Å². The van der Waals surface area contributed by atoms with Crippen LogP contribution in [0.3, 0.4) is 0 Å². The van der Waals surface area contributed by atoms with Crippen LogP contribution in [0.1, 0.15) is 16.1 Å². The van der Waals surface area contributed by atoms with Gasteiger partial charge < -0.3 is 28.8 Å². The maximum atomic E-state index is 13.2. The van der Waals surface area contributed by atoms with Crippen LogP contribution < -0.4 is 20.2 Å². The summed E-state index contributed by atoms with van der Waals surface area (Å²) in [5.74, 6) is 1.76. The second kappa shape index (κ2) is 9.53. The molecule has 3 aromatic rings. The standard InChI is InChI=1S/C25H30N6O4/c1-17-15-21(29-9-7-28(2)8-10-29)27-25(26-17)31-13-11-30(12-14-31)23(32)19-16-18-5-4-6-20(34-3)22(18)35-24(19)33/h4-6,15-16H,7-14H2,1-3H3. The van der Waals surface area contributed by atoms with Gasteiger partial charge in [-0.15, -0.1) is 0 Å². The molecule has 184 valence electrons. The van der Waals surface area contributed by atoms with Gasteiger partial charge in [-0.25, -0.2) is 9.78 Å². The third kappa shape index (κ3) is 4.66. The maximum absolute atomic E-state index is 13.2. The number of methoxy groups -OCH3 is 1. The fourth-order valence-corrected chi connectivity index (χ4v) is 4.58. The van der Waals surface area contributed by atoms with E-state index in [1.54, 1.807) is 29.2 Å². The number of likely N-dealkylation sites (N-methyl/N-ethyl adjacent to an activating group) is 1. The Morgan fingerprint density at radius 1 is 0.971 bits per heavy atom. The molecular formula is C25H30N6O4. The molecule has 0 radical (unpaired) electrons. The number of benzene rings is 1. The van der Waals surface area contributed by atoms with Crippen molar-refractivity contribution in [1.82, 2.24) is 19.8 Å². The van der Waals surface area contributed by atoms with E-state index in [0.29, 0.717) is 48.8 Å². The van der Waals surface area contributed by atoms with Crippen LogP contribution in [0.4, 0.5) is 11.8 Å². The van der Waals surface area contributed by atoms with Crippen LogP contribution >= 0.6 is 0 Å². The Balaban J connectivity index is 1.30. The number of para-hydroxylation sites is 1. The molecule has 0 spiro atoms. The summed E-state index contributed by atoms with van der Waals surface area (Å²) in [5, 5.41) is 0.649. The first-order valence-electron chi connectivity index (χ1n) is 11.9. The summed E-state index contributed by atoms with van der Waals surface area (Å²) >= 11 is 0. The molecule has 5 rings (SSSR count). The van der Waals surface area contributed by atoms with Crippen LogP contribution in [0.2, 0.25) is 0 Å². The van der Waals surface area contributed by atoms with Gasteiger partial charge in [0.15, 0.2) is 11.3 Å². The number of aromatic nitrogens is 2. The number of hydrogen-bond donors (Lipinski definition) is 0. The third-order valence-corrected chi connectivity index (χ3v) is 6.68. The molecule has 10 nitrogen and oxygen atoms in total. The number of ether oxygens (including phenoxy) is 1. The highest BCUT2D eigenvalue weighted by Crippen LogP contribution is 2.25. The van der Waals surface area contributed by atoms with Crippen LogP contribution in [-0.4, -0.2) is 92.2 Å². The lowest BCUT2D eigenvalue weighted by atomic mass is 10.1. The van der Waals surface area contributed by atoms with Crippen LogP contribution in [0.25, 0.3) is 11.0 Å². The van der Waals surface area contributed by atoms with Gasteiger partial charge in [0.25, 0.3) is 5.91 Å². The highest BCUT2D eigenvalue weighted by Gasteiger charge is 2.27. The van der Waals surface area contributed by atoms with Crippen LogP contribution in [-0.2, 0) is 0 Å². The number of anilines is 2. The molecule has 0 atom stereocenters. The zero-order valence-corrected chi connectivity index (χ0v) is 20.4. The van der Waals surface area contributed by atoms with Gasteiger partial charge in [0.05, 0.1) is 7.11 Å². The Kier molecular flexibility index (Phi) is 6.29. The zero-order chi connectivity index (χ0) is 24.5. The summed E-state index contributed by atoms with van der Waals surface area (Å²) in [6.07, 6.45) is 0. The number of aryl methyl sites for hydroxylation is 1. The molecule has 4 heterocycles. The van der Waals surface area contributed by atoms with Crippen molar-refractivity contribution in [2.75, 3.05) is 76.3 Å². The molecule has 1 amide bonds. The average Bonchev–Trinajstić information content (AvgIpc) is 2.87. The predicted octanol–water partition coefficient (Wildman–Crippen LogP) is 1.61. The molecule has 0 N–H and O–H groups in total. The summed E-state index contributed by atoms with van der Waals surface area (Å²) in [5.41, 5.74) is 0.636. The number of piperazine rings is 2. The van der Waals surface area contributed by atoms with Gasteiger partial charge in [0.2, 0.25) is 5.95 Å². The van der Waals surface area contributed by atoms with Gasteiger partial charge in [-0.2, -0.15) is 4.98 Å². The minimum Gasteiger partial charge on any atom is -0.493 e. The van der Waals surface area contributed by atoms with E-state index in [4.69, 9.17) is 14.1 Å². The van der Waals surface area contributed by atoms with Gasteiger partial charge in [0.1, 0.15) is 11.4 Å². The summed E-state index contributed by atoms with van der Waals surface area (Å²) in [6.45, 7) is 7.99. The number of fused-ring (bicyclic) bond motifs is 1. The SMILES string of the molecule is COc1cccc2cc(C(=O)N3CCN(c4nc(C)cc(N5CCN(C)CC5)n4)CC3)c(=O)oc12. The third-order valence-electron chi connectivity index (χ3n) is 6.68. The minimum atomic E-state index is -0.659. The summed E-state index contributed by atoms with van der Waals surface area (Å²) < 4.78 is 10.7. The Morgan fingerprint density at radius 2 is 1.69 bits per heavy atom. The quantitative estimate of drug-likeness (QED) is 0.518. The molecule has 35 heavy (non-hydrogen) atoms. The van der Waals surface area contributed by atoms with Crippen molar-refractivity contribution in [3.8, 4) is 5.75 Å². The van der Waals surface area contributed by atoms with E-state index >= 15 is 0 Å². The first-order valence-corrected chi connectivity index (χ1v) is 11.9. The Hall–Kier alpha value is -3.66. The van der Waals surface area contributed by atoms with E-state index in [1.165, 1.54) is 7.11 Å². The lowest BCUT2D eigenvalue weighted by Gasteiger charge is -2.36. The summed E-state index contributed by atoms with van der Waals surface area (Å²) in [7, 11) is 3.65. The predicted molar refractivity (Wildman–Crippen MR) is 134 cm³/mol. The normalized spacial score (nSPS) is 17.2. The maximum Gasteiger partial charge on any atom is 0.349 e. The largest absolute Gasteiger partial charge is 0.493 e. The molecular weight excluding hydrogens is 448 g/mol. The van der Waals surface area contributed by atoms with E-state index in [2.05, 4.69) is 26.7 Å². The number of carbonyl (C=O) groups is 1. The average molecular weight is 479 g/mol. The van der Waals surface area contributed by atoms with Crippen molar-refractivity contribution in [2.24, 2.45) is 0 Å². The first kappa shape index (κ1) is 23.1. The number of carbonyl (C=O) groups excluding carboxylic acids is 1. The number of rotatable bonds is 4. The first-order chi connectivity index (χ1) is 16.9. The number of hydrogen-bond acceptors (Lipinski definition) is 9. The van der Waals surface area contributed by atoms with Gasteiger partial charge in [0, 0.05) is 69.5 Å². The molecule has 0 aliphatic carbocycles. The Labute approximate surface area is 203 Å². The molecule has 2 saturated heterocycles. The van der Waals surface area contributed by atoms with Gasteiger partial charge in [-0.3, -0.25) is 4.79 Å². The van der Waals surface area contributed by atoms with Gasteiger partial charge in [-0.1, -0.05) is 12.1 Å². The van der Waals surface area contributed by atoms with E-state index < -0.39 is 5.63 Å². The Morgan fingerprint density at radius 3 is 2.40 bits per heavy atom. The Bertz CT molecular complexity index is 1290. The molecule has 2 aromatic heterocycles. The molecule has 2 aliphatic heterocycles.